The second-order valence-electron chi connectivity index (χ2n) is 4.13. The van der Waals surface area contributed by atoms with Gasteiger partial charge in [0.05, 0.1) is 17.3 Å². The Labute approximate surface area is 99.0 Å². The van der Waals surface area contributed by atoms with Gasteiger partial charge in [-0.05, 0) is 18.2 Å². The Balaban J connectivity index is 1.97. The summed E-state index contributed by atoms with van der Waals surface area (Å²) in [5.41, 5.74) is 1.60. The van der Waals surface area contributed by atoms with Crippen LogP contribution in [0.25, 0.3) is 5.52 Å². The van der Waals surface area contributed by atoms with E-state index in [2.05, 4.69) is 10.4 Å². The summed E-state index contributed by atoms with van der Waals surface area (Å²) in [6.45, 7) is 3.28. The molecule has 1 fully saturated rings. The fraction of sp³-hybridized carbons (Fsp3) is 0.333. The van der Waals surface area contributed by atoms with Gasteiger partial charge in [0, 0.05) is 32.4 Å². The maximum atomic E-state index is 12.4. The third-order valence-electron chi connectivity index (χ3n) is 3.07. The monoisotopic (exact) mass is 230 g/mol. The Bertz CT molecular complexity index is 542. The van der Waals surface area contributed by atoms with Crippen molar-refractivity contribution in [2.24, 2.45) is 0 Å². The van der Waals surface area contributed by atoms with Crippen molar-refractivity contribution in [1.82, 2.24) is 19.8 Å². The highest BCUT2D eigenvalue weighted by Crippen LogP contribution is 2.13. The number of carbonyl (C=O) groups excluding carboxylic acids is 1. The SMILES string of the molecule is O=C(c1cccn2nccc12)N1CCNCC1. The van der Waals surface area contributed by atoms with E-state index in [0.29, 0.717) is 0 Å². The van der Waals surface area contributed by atoms with Gasteiger partial charge in [-0.25, -0.2) is 4.52 Å². The fourth-order valence-corrected chi connectivity index (χ4v) is 2.17. The highest BCUT2D eigenvalue weighted by molar-refractivity contribution is 6.00. The highest BCUT2D eigenvalue weighted by atomic mass is 16.2. The number of carbonyl (C=O) groups is 1. The maximum absolute atomic E-state index is 12.4. The van der Waals surface area contributed by atoms with Crippen molar-refractivity contribution < 1.29 is 4.79 Å². The Hall–Kier alpha value is -1.88. The molecule has 3 rings (SSSR count). The number of rotatable bonds is 1. The van der Waals surface area contributed by atoms with Gasteiger partial charge >= 0.3 is 0 Å². The van der Waals surface area contributed by atoms with Crippen molar-refractivity contribution >= 4 is 11.4 Å². The molecule has 0 atom stereocenters. The van der Waals surface area contributed by atoms with Crippen LogP contribution in [0, 0.1) is 0 Å². The molecule has 1 amide bonds. The molecule has 0 unspecified atom stereocenters. The van der Waals surface area contributed by atoms with Crippen molar-refractivity contribution in [2.75, 3.05) is 26.2 Å². The zero-order valence-corrected chi connectivity index (χ0v) is 9.47. The molecule has 0 spiro atoms. The summed E-state index contributed by atoms with van der Waals surface area (Å²) < 4.78 is 1.73. The average Bonchev–Trinajstić information content (AvgIpc) is 2.87. The van der Waals surface area contributed by atoms with E-state index in [-0.39, 0.29) is 5.91 Å². The van der Waals surface area contributed by atoms with Crippen molar-refractivity contribution in [2.45, 2.75) is 0 Å². The minimum Gasteiger partial charge on any atom is -0.336 e. The van der Waals surface area contributed by atoms with Gasteiger partial charge in [-0.2, -0.15) is 5.10 Å². The van der Waals surface area contributed by atoms with E-state index in [9.17, 15) is 4.79 Å². The van der Waals surface area contributed by atoms with Crippen LogP contribution in [0.2, 0.25) is 0 Å². The Morgan fingerprint density at radius 2 is 2.12 bits per heavy atom. The van der Waals surface area contributed by atoms with Gasteiger partial charge in [0.25, 0.3) is 5.91 Å². The summed E-state index contributed by atoms with van der Waals surface area (Å²) >= 11 is 0. The molecule has 0 aliphatic carbocycles. The molecule has 2 aromatic rings. The van der Waals surface area contributed by atoms with E-state index in [1.807, 2.05) is 29.3 Å². The lowest BCUT2D eigenvalue weighted by Crippen LogP contribution is -2.46. The predicted molar refractivity (Wildman–Crippen MR) is 64.0 cm³/mol. The lowest BCUT2D eigenvalue weighted by Gasteiger charge is -2.27. The molecule has 1 N–H and O–H groups in total. The largest absolute Gasteiger partial charge is 0.336 e. The number of hydrogen-bond acceptors (Lipinski definition) is 3. The van der Waals surface area contributed by atoms with Gasteiger partial charge in [0.2, 0.25) is 0 Å². The quantitative estimate of drug-likeness (QED) is 0.770. The van der Waals surface area contributed by atoms with Crippen molar-refractivity contribution in [3.8, 4) is 0 Å². The molecule has 88 valence electrons. The van der Waals surface area contributed by atoms with Crippen molar-refractivity contribution in [3.05, 3.63) is 36.2 Å². The average molecular weight is 230 g/mol. The van der Waals surface area contributed by atoms with Crippen LogP contribution in [-0.2, 0) is 0 Å². The normalized spacial score (nSPS) is 16.4. The summed E-state index contributed by atoms with van der Waals surface area (Å²) in [6, 6.07) is 5.59. The van der Waals surface area contributed by atoms with E-state index < -0.39 is 0 Å². The van der Waals surface area contributed by atoms with Crippen molar-refractivity contribution in [3.63, 3.8) is 0 Å². The molecule has 17 heavy (non-hydrogen) atoms. The van der Waals surface area contributed by atoms with Crippen LogP contribution in [0.5, 0.6) is 0 Å². The fourth-order valence-electron chi connectivity index (χ4n) is 2.17. The number of fused-ring (bicyclic) bond motifs is 1. The number of nitrogens with zero attached hydrogens (tertiary/aromatic N) is 3. The van der Waals surface area contributed by atoms with Crippen LogP contribution in [-0.4, -0.2) is 46.6 Å². The zero-order chi connectivity index (χ0) is 11.7. The lowest BCUT2D eigenvalue weighted by atomic mass is 10.2. The second kappa shape index (κ2) is 4.18. The molecular formula is C12H14N4O. The van der Waals surface area contributed by atoms with E-state index in [0.717, 1.165) is 37.3 Å². The summed E-state index contributed by atoms with van der Waals surface area (Å²) in [6.07, 6.45) is 3.56. The first-order chi connectivity index (χ1) is 8.36. The summed E-state index contributed by atoms with van der Waals surface area (Å²) in [7, 11) is 0. The van der Waals surface area contributed by atoms with E-state index in [1.54, 1.807) is 10.7 Å². The van der Waals surface area contributed by atoms with Gasteiger partial charge in [0.15, 0.2) is 0 Å². The van der Waals surface area contributed by atoms with E-state index in [4.69, 9.17) is 0 Å². The molecule has 0 aromatic carbocycles. The van der Waals surface area contributed by atoms with Crippen LogP contribution in [0.4, 0.5) is 0 Å². The van der Waals surface area contributed by atoms with Crippen molar-refractivity contribution in [1.29, 1.82) is 0 Å². The summed E-state index contributed by atoms with van der Waals surface area (Å²) in [5, 5.41) is 7.38. The molecule has 1 saturated heterocycles. The lowest BCUT2D eigenvalue weighted by molar-refractivity contribution is 0.0737. The van der Waals surface area contributed by atoms with E-state index in [1.165, 1.54) is 0 Å². The molecule has 2 aromatic heterocycles. The summed E-state index contributed by atoms with van der Waals surface area (Å²) in [4.78, 5) is 14.3. The van der Waals surface area contributed by atoms with Gasteiger partial charge in [-0.3, -0.25) is 4.79 Å². The summed E-state index contributed by atoms with van der Waals surface area (Å²) in [5.74, 6) is 0.0950. The number of pyridine rings is 1. The van der Waals surface area contributed by atoms with Gasteiger partial charge < -0.3 is 10.2 Å². The van der Waals surface area contributed by atoms with Crippen LogP contribution in [0.1, 0.15) is 10.4 Å². The molecule has 0 saturated carbocycles. The topological polar surface area (TPSA) is 49.6 Å². The first-order valence-corrected chi connectivity index (χ1v) is 5.78. The molecule has 0 bridgehead atoms. The molecule has 1 aliphatic rings. The maximum Gasteiger partial charge on any atom is 0.256 e. The highest BCUT2D eigenvalue weighted by Gasteiger charge is 2.19. The number of aromatic nitrogens is 2. The number of piperazine rings is 1. The standard InChI is InChI=1S/C12H14N4O/c17-12(15-8-5-13-6-9-15)10-2-1-7-16-11(10)3-4-14-16/h1-4,7,13H,5-6,8-9H2. The van der Waals surface area contributed by atoms with Crippen LogP contribution < -0.4 is 5.32 Å². The third-order valence-corrected chi connectivity index (χ3v) is 3.07. The number of amides is 1. The second-order valence-corrected chi connectivity index (χ2v) is 4.13. The van der Waals surface area contributed by atoms with Crippen LogP contribution in [0.3, 0.4) is 0 Å². The Kier molecular flexibility index (Phi) is 2.53. The molecule has 5 heteroatoms. The smallest absolute Gasteiger partial charge is 0.256 e. The Morgan fingerprint density at radius 3 is 2.94 bits per heavy atom. The third kappa shape index (κ3) is 1.78. The number of hydrogen-bond donors (Lipinski definition) is 1. The predicted octanol–water partition coefficient (Wildman–Crippen LogP) is 0.380. The molecule has 3 heterocycles. The molecule has 1 aliphatic heterocycles. The minimum atomic E-state index is 0.0950. The van der Waals surface area contributed by atoms with Crippen LogP contribution in [0.15, 0.2) is 30.6 Å². The zero-order valence-electron chi connectivity index (χ0n) is 9.47. The van der Waals surface area contributed by atoms with Gasteiger partial charge in [-0.1, -0.05) is 0 Å². The first-order valence-electron chi connectivity index (χ1n) is 5.78. The van der Waals surface area contributed by atoms with Gasteiger partial charge in [0.1, 0.15) is 0 Å². The minimum absolute atomic E-state index is 0.0950. The first kappa shape index (κ1) is 10.3. The molecule has 5 nitrogen and oxygen atoms in total. The molecule has 0 radical (unpaired) electrons. The molecular weight excluding hydrogens is 216 g/mol. The van der Waals surface area contributed by atoms with Gasteiger partial charge in [-0.15, -0.1) is 0 Å². The Morgan fingerprint density at radius 1 is 1.29 bits per heavy atom. The number of nitrogens with one attached hydrogen (secondary N) is 1. The van der Waals surface area contributed by atoms with E-state index >= 15 is 0 Å². The van der Waals surface area contributed by atoms with Crippen LogP contribution >= 0.6 is 0 Å².